The van der Waals surface area contributed by atoms with Crippen molar-refractivity contribution in [2.45, 2.75) is 25.6 Å². The summed E-state index contributed by atoms with van der Waals surface area (Å²) in [6, 6.07) is 8.53. The normalized spacial score (nSPS) is 16.0. The molecular weight excluding hydrogens is 417 g/mol. The molecule has 0 aliphatic carbocycles. The first-order valence-corrected chi connectivity index (χ1v) is 10.3. The average Bonchev–Trinajstić information content (AvgIpc) is 3.40. The Hall–Kier alpha value is -2.72. The number of likely N-dealkylation sites (tertiary alicyclic amines) is 1. The maximum absolute atomic E-state index is 12.8. The maximum Gasteiger partial charge on any atom is 0.416 e. The summed E-state index contributed by atoms with van der Waals surface area (Å²) in [5, 5.41) is 8.55. The van der Waals surface area contributed by atoms with E-state index in [0.717, 1.165) is 17.0 Å². The van der Waals surface area contributed by atoms with E-state index in [1.165, 1.54) is 23.5 Å². The van der Waals surface area contributed by atoms with Crippen LogP contribution in [0.2, 0.25) is 0 Å². The van der Waals surface area contributed by atoms with Gasteiger partial charge in [0.1, 0.15) is 0 Å². The van der Waals surface area contributed by atoms with Crippen molar-refractivity contribution in [3.8, 4) is 10.7 Å². The summed E-state index contributed by atoms with van der Waals surface area (Å²) in [5.74, 6) is 0.576. The Kier molecular flexibility index (Phi) is 5.87. The number of rotatable bonds is 5. The first kappa shape index (κ1) is 20.5. The van der Waals surface area contributed by atoms with Gasteiger partial charge in [-0.1, -0.05) is 17.3 Å². The minimum absolute atomic E-state index is 0.157. The molecule has 1 aliphatic heterocycles. The fourth-order valence-electron chi connectivity index (χ4n) is 3.39. The van der Waals surface area contributed by atoms with Gasteiger partial charge in [0.2, 0.25) is 17.6 Å². The second kappa shape index (κ2) is 8.57. The largest absolute Gasteiger partial charge is 0.416 e. The smallest absolute Gasteiger partial charge is 0.338 e. The van der Waals surface area contributed by atoms with Gasteiger partial charge in [0.25, 0.3) is 0 Å². The summed E-state index contributed by atoms with van der Waals surface area (Å²) in [6.45, 7) is 1.83. The van der Waals surface area contributed by atoms with Gasteiger partial charge in [-0.05, 0) is 55.6 Å². The molecule has 30 heavy (non-hydrogen) atoms. The van der Waals surface area contributed by atoms with E-state index in [9.17, 15) is 18.0 Å². The van der Waals surface area contributed by atoms with Gasteiger partial charge in [0, 0.05) is 11.6 Å². The molecule has 2 aromatic heterocycles. The summed E-state index contributed by atoms with van der Waals surface area (Å²) in [7, 11) is 0. The van der Waals surface area contributed by atoms with Crippen LogP contribution < -0.4 is 5.32 Å². The van der Waals surface area contributed by atoms with Gasteiger partial charge >= 0.3 is 6.18 Å². The van der Waals surface area contributed by atoms with Crippen LogP contribution in [-0.2, 0) is 17.5 Å². The Balaban J connectivity index is 1.29. The molecule has 0 atom stereocenters. The lowest BCUT2D eigenvalue weighted by Crippen LogP contribution is -2.37. The third kappa shape index (κ3) is 4.88. The molecule has 3 aromatic rings. The molecule has 0 radical (unpaired) electrons. The first-order valence-electron chi connectivity index (χ1n) is 9.45. The molecule has 10 heteroatoms. The number of nitrogens with zero attached hydrogens (tertiary/aromatic N) is 3. The lowest BCUT2D eigenvalue weighted by Gasteiger charge is -2.30. The van der Waals surface area contributed by atoms with Gasteiger partial charge in [0.05, 0.1) is 17.0 Å². The highest BCUT2D eigenvalue weighted by atomic mass is 32.1. The maximum atomic E-state index is 12.8. The van der Waals surface area contributed by atoms with Gasteiger partial charge in [-0.15, -0.1) is 11.3 Å². The van der Waals surface area contributed by atoms with Crippen LogP contribution in [0.5, 0.6) is 0 Å². The van der Waals surface area contributed by atoms with Crippen LogP contribution in [0.3, 0.4) is 0 Å². The molecule has 158 valence electrons. The predicted octanol–water partition coefficient (Wildman–Crippen LogP) is 4.67. The molecule has 3 heterocycles. The number of halogens is 3. The number of alkyl halides is 3. The zero-order chi connectivity index (χ0) is 21.1. The van der Waals surface area contributed by atoms with E-state index in [4.69, 9.17) is 4.52 Å². The van der Waals surface area contributed by atoms with Crippen molar-refractivity contribution in [1.82, 2.24) is 15.0 Å². The molecule has 1 aliphatic rings. The van der Waals surface area contributed by atoms with Crippen molar-refractivity contribution < 1.29 is 22.5 Å². The van der Waals surface area contributed by atoms with Crippen LogP contribution in [0, 0.1) is 5.92 Å². The van der Waals surface area contributed by atoms with Crippen molar-refractivity contribution in [2.24, 2.45) is 5.92 Å². The van der Waals surface area contributed by atoms with E-state index in [1.807, 2.05) is 17.5 Å². The summed E-state index contributed by atoms with van der Waals surface area (Å²) >= 11 is 1.54. The molecule has 1 saturated heterocycles. The quantitative estimate of drug-likeness (QED) is 0.630. The molecule has 6 nitrogen and oxygen atoms in total. The highest BCUT2D eigenvalue weighted by Gasteiger charge is 2.31. The van der Waals surface area contributed by atoms with Crippen LogP contribution in [0.1, 0.15) is 24.3 Å². The number of carbonyl (C=O) groups excluding carboxylic acids is 1. The fourth-order valence-corrected chi connectivity index (χ4v) is 4.04. The predicted molar refractivity (Wildman–Crippen MR) is 106 cm³/mol. The number of piperidine rings is 1. The van der Waals surface area contributed by atoms with Gasteiger partial charge in [-0.3, -0.25) is 9.69 Å². The van der Waals surface area contributed by atoms with Gasteiger partial charge in [-0.25, -0.2) is 0 Å². The Labute approximate surface area is 174 Å². The van der Waals surface area contributed by atoms with E-state index in [-0.39, 0.29) is 17.5 Å². The number of amides is 1. The van der Waals surface area contributed by atoms with E-state index >= 15 is 0 Å². The number of benzene rings is 1. The summed E-state index contributed by atoms with van der Waals surface area (Å²) in [6.07, 6.45) is -3.22. The third-order valence-electron chi connectivity index (χ3n) is 4.98. The molecule has 0 spiro atoms. The summed E-state index contributed by atoms with van der Waals surface area (Å²) in [4.78, 5) is 19.9. The Morgan fingerprint density at radius 1 is 1.23 bits per heavy atom. The lowest BCUT2D eigenvalue weighted by atomic mass is 9.95. The summed E-state index contributed by atoms with van der Waals surface area (Å²) < 4.78 is 43.8. The molecule has 0 saturated carbocycles. The lowest BCUT2D eigenvalue weighted by molar-refractivity contribution is -0.137. The number of anilines is 1. The van der Waals surface area contributed by atoms with Crippen molar-refractivity contribution in [3.05, 3.63) is 53.2 Å². The monoisotopic (exact) mass is 436 g/mol. The Morgan fingerprint density at radius 2 is 2.03 bits per heavy atom. The van der Waals surface area contributed by atoms with Gasteiger partial charge < -0.3 is 9.84 Å². The highest BCUT2D eigenvalue weighted by Crippen LogP contribution is 2.31. The number of hydrogen-bond acceptors (Lipinski definition) is 6. The topological polar surface area (TPSA) is 71.3 Å². The second-order valence-corrected chi connectivity index (χ2v) is 8.05. The van der Waals surface area contributed by atoms with Crippen LogP contribution in [0.15, 0.2) is 46.3 Å². The zero-order valence-electron chi connectivity index (χ0n) is 15.9. The SMILES string of the molecule is O=C(Nc1cccc(C(F)(F)F)c1)C1CCN(Cc2nc(-c3cccs3)no2)CC1. The molecule has 1 fully saturated rings. The minimum Gasteiger partial charge on any atom is -0.338 e. The number of nitrogens with one attached hydrogen (secondary N) is 1. The van der Waals surface area contributed by atoms with E-state index in [1.54, 1.807) is 0 Å². The van der Waals surface area contributed by atoms with Crippen molar-refractivity contribution in [1.29, 1.82) is 0 Å². The number of thiophene rings is 1. The first-order chi connectivity index (χ1) is 14.4. The van der Waals surface area contributed by atoms with Gasteiger partial charge in [0.15, 0.2) is 0 Å². The molecule has 4 rings (SSSR count). The van der Waals surface area contributed by atoms with Crippen LogP contribution in [0.25, 0.3) is 10.7 Å². The third-order valence-corrected chi connectivity index (χ3v) is 5.85. The second-order valence-electron chi connectivity index (χ2n) is 7.11. The number of hydrogen-bond donors (Lipinski definition) is 1. The van der Waals surface area contributed by atoms with Crippen LogP contribution >= 0.6 is 11.3 Å². The zero-order valence-corrected chi connectivity index (χ0v) is 16.7. The molecule has 1 aromatic carbocycles. The number of aromatic nitrogens is 2. The summed E-state index contributed by atoms with van der Waals surface area (Å²) in [5.41, 5.74) is -0.624. The molecule has 1 N–H and O–H groups in total. The Bertz CT molecular complexity index is 996. The van der Waals surface area contributed by atoms with Crippen molar-refractivity contribution >= 4 is 22.9 Å². The van der Waals surface area contributed by atoms with Crippen molar-refractivity contribution in [3.63, 3.8) is 0 Å². The van der Waals surface area contributed by atoms with Crippen LogP contribution in [-0.4, -0.2) is 34.0 Å². The Morgan fingerprint density at radius 3 is 2.73 bits per heavy atom. The van der Waals surface area contributed by atoms with E-state index in [2.05, 4.69) is 20.4 Å². The van der Waals surface area contributed by atoms with E-state index in [0.29, 0.717) is 44.2 Å². The minimum atomic E-state index is -4.44. The standard InChI is InChI=1S/C20H19F3N4O2S/c21-20(22,23)14-3-1-4-15(11-14)24-19(28)13-6-8-27(9-7-13)12-17-25-18(26-29-17)16-5-2-10-30-16/h1-5,10-11,13H,6-9,12H2,(H,24,28). The highest BCUT2D eigenvalue weighted by molar-refractivity contribution is 7.13. The fraction of sp³-hybridized carbons (Fsp3) is 0.350. The van der Waals surface area contributed by atoms with Gasteiger partial charge in [-0.2, -0.15) is 18.2 Å². The van der Waals surface area contributed by atoms with Crippen molar-refractivity contribution in [2.75, 3.05) is 18.4 Å². The molecular formula is C20H19F3N4O2S. The molecule has 0 unspecified atom stereocenters. The molecule has 1 amide bonds. The number of carbonyl (C=O) groups is 1. The molecule has 0 bridgehead atoms. The average molecular weight is 436 g/mol. The van der Waals surface area contributed by atoms with Crippen LogP contribution in [0.4, 0.5) is 18.9 Å². The van der Waals surface area contributed by atoms with E-state index < -0.39 is 11.7 Å².